The molecule has 178 valence electrons. The Morgan fingerprint density at radius 2 is 1.76 bits per heavy atom. The molecule has 2 aromatic carbocycles. The van der Waals surface area contributed by atoms with Gasteiger partial charge in [-0.25, -0.2) is 8.42 Å². The van der Waals surface area contributed by atoms with Crippen LogP contribution in [0.15, 0.2) is 42.5 Å². The number of rotatable bonds is 6. The summed E-state index contributed by atoms with van der Waals surface area (Å²) in [6, 6.07) is 14.5. The zero-order chi connectivity index (χ0) is 23.6. The van der Waals surface area contributed by atoms with Crippen molar-refractivity contribution in [3.05, 3.63) is 64.7 Å². The fourth-order valence-corrected chi connectivity index (χ4v) is 5.90. The molecule has 33 heavy (non-hydrogen) atoms. The smallest absolute Gasteiger partial charge is 0.227 e. The number of carbonyl (C=O) groups excluding carboxylic acids is 1. The van der Waals surface area contributed by atoms with Gasteiger partial charge in [-0.2, -0.15) is 4.31 Å². The van der Waals surface area contributed by atoms with E-state index in [1.807, 2.05) is 41.0 Å². The summed E-state index contributed by atoms with van der Waals surface area (Å²) >= 11 is 0. The van der Waals surface area contributed by atoms with E-state index in [1.165, 1.54) is 21.1 Å². The van der Waals surface area contributed by atoms with Crippen LogP contribution >= 0.6 is 0 Å². The van der Waals surface area contributed by atoms with Crippen molar-refractivity contribution in [2.24, 2.45) is 0 Å². The van der Waals surface area contributed by atoms with E-state index in [1.54, 1.807) is 14.0 Å². The third kappa shape index (κ3) is 5.75. The van der Waals surface area contributed by atoms with E-state index in [0.717, 1.165) is 50.3 Å². The van der Waals surface area contributed by atoms with E-state index in [0.29, 0.717) is 13.1 Å². The highest BCUT2D eigenvalue weighted by Gasteiger charge is 2.26. The summed E-state index contributed by atoms with van der Waals surface area (Å²) in [6.07, 6.45) is 0.841. The summed E-state index contributed by atoms with van der Waals surface area (Å²) in [4.78, 5) is 17.8. The third-order valence-corrected chi connectivity index (χ3v) is 8.45. The first-order chi connectivity index (χ1) is 15.7. The molecule has 0 spiro atoms. The Hall–Kier alpha value is -2.42. The molecule has 0 atom stereocenters. The average molecular weight is 471 g/mol. The minimum atomic E-state index is -3.39. The standard InChI is InChI=1S/C25H34N4O3S/c1-20-5-4-6-22(15-20)17-26(3)33(31,32)19-27-10-9-23-16-25(8-7-24(23)18-27)29-13-11-28(12-14-29)21(2)30/h4-8,15-16H,9-14,17-19H2,1-3H3. The van der Waals surface area contributed by atoms with Gasteiger partial charge in [0, 0.05) is 65.5 Å². The van der Waals surface area contributed by atoms with Gasteiger partial charge in [0.1, 0.15) is 5.88 Å². The molecule has 0 N–H and O–H groups in total. The van der Waals surface area contributed by atoms with Crippen molar-refractivity contribution in [3.63, 3.8) is 0 Å². The number of hydrogen-bond acceptors (Lipinski definition) is 5. The highest BCUT2D eigenvalue weighted by molar-refractivity contribution is 7.88. The third-order valence-electron chi connectivity index (χ3n) is 6.68. The van der Waals surface area contributed by atoms with Crippen LogP contribution in [0.1, 0.15) is 29.2 Å². The van der Waals surface area contributed by atoms with Crippen molar-refractivity contribution in [1.29, 1.82) is 0 Å². The molecule has 0 radical (unpaired) electrons. The first-order valence-electron chi connectivity index (χ1n) is 11.6. The Kier molecular flexibility index (Phi) is 7.07. The number of aryl methyl sites for hydroxylation is 1. The van der Waals surface area contributed by atoms with Crippen molar-refractivity contribution in [3.8, 4) is 0 Å². The SMILES string of the molecule is CC(=O)N1CCN(c2ccc3c(c2)CCN(CS(=O)(=O)N(C)Cc2cccc(C)c2)C3)CC1. The van der Waals surface area contributed by atoms with Gasteiger partial charge in [0.25, 0.3) is 0 Å². The molecule has 7 nitrogen and oxygen atoms in total. The van der Waals surface area contributed by atoms with Crippen LogP contribution in [-0.2, 0) is 34.3 Å². The van der Waals surface area contributed by atoms with Crippen molar-refractivity contribution in [2.75, 3.05) is 50.5 Å². The van der Waals surface area contributed by atoms with Crippen LogP contribution in [0.2, 0.25) is 0 Å². The molecule has 0 aliphatic carbocycles. The van der Waals surface area contributed by atoms with Crippen molar-refractivity contribution >= 4 is 21.6 Å². The zero-order valence-corrected chi connectivity index (χ0v) is 20.6. The maximum absolute atomic E-state index is 13.0. The number of carbonyl (C=O) groups is 1. The van der Waals surface area contributed by atoms with Gasteiger partial charge < -0.3 is 9.80 Å². The first-order valence-corrected chi connectivity index (χ1v) is 13.2. The van der Waals surface area contributed by atoms with Gasteiger partial charge >= 0.3 is 0 Å². The number of benzene rings is 2. The monoisotopic (exact) mass is 470 g/mol. The van der Waals surface area contributed by atoms with Gasteiger partial charge in [-0.3, -0.25) is 9.69 Å². The maximum Gasteiger partial charge on any atom is 0.227 e. The Labute approximate surface area is 197 Å². The van der Waals surface area contributed by atoms with E-state index in [2.05, 4.69) is 23.1 Å². The highest BCUT2D eigenvalue weighted by Crippen LogP contribution is 2.26. The van der Waals surface area contributed by atoms with Crippen LogP contribution in [0.5, 0.6) is 0 Å². The lowest BCUT2D eigenvalue weighted by Crippen LogP contribution is -2.48. The normalized spacial score (nSPS) is 17.3. The molecule has 4 rings (SSSR count). The fourth-order valence-electron chi connectivity index (χ4n) is 4.68. The summed E-state index contributed by atoms with van der Waals surface area (Å²) in [5, 5.41) is 0. The number of hydrogen-bond donors (Lipinski definition) is 0. The lowest BCUT2D eigenvalue weighted by molar-refractivity contribution is -0.129. The Bertz CT molecular complexity index is 1110. The van der Waals surface area contributed by atoms with E-state index in [-0.39, 0.29) is 11.8 Å². The molecule has 1 amide bonds. The molecule has 0 bridgehead atoms. The van der Waals surface area contributed by atoms with Gasteiger partial charge in [0.2, 0.25) is 15.9 Å². The molecule has 0 unspecified atom stereocenters. The van der Waals surface area contributed by atoms with E-state index in [9.17, 15) is 13.2 Å². The molecule has 2 aromatic rings. The average Bonchev–Trinajstić information content (AvgIpc) is 2.78. The summed E-state index contributed by atoms with van der Waals surface area (Å²) in [5.41, 5.74) is 5.82. The Morgan fingerprint density at radius 1 is 1.00 bits per heavy atom. The van der Waals surface area contributed by atoms with Crippen LogP contribution in [-0.4, -0.2) is 74.1 Å². The minimum Gasteiger partial charge on any atom is -0.368 e. The summed E-state index contributed by atoms with van der Waals surface area (Å²) in [5.74, 6) is 0.170. The highest BCUT2D eigenvalue weighted by atomic mass is 32.2. The van der Waals surface area contributed by atoms with Gasteiger partial charge in [0.05, 0.1) is 0 Å². The largest absolute Gasteiger partial charge is 0.368 e. The van der Waals surface area contributed by atoms with E-state index in [4.69, 9.17) is 0 Å². The first kappa shape index (κ1) is 23.7. The van der Waals surface area contributed by atoms with Gasteiger partial charge in [-0.05, 0) is 42.2 Å². The lowest BCUT2D eigenvalue weighted by atomic mass is 9.99. The summed E-state index contributed by atoms with van der Waals surface area (Å²) in [6.45, 7) is 8.60. The Morgan fingerprint density at radius 3 is 2.45 bits per heavy atom. The number of amides is 1. The van der Waals surface area contributed by atoms with Gasteiger partial charge in [-0.1, -0.05) is 35.9 Å². The molecule has 0 aromatic heterocycles. The summed E-state index contributed by atoms with van der Waals surface area (Å²) < 4.78 is 27.4. The van der Waals surface area contributed by atoms with Crippen LogP contribution in [0.25, 0.3) is 0 Å². The number of anilines is 1. The van der Waals surface area contributed by atoms with Crippen molar-refractivity contribution in [1.82, 2.24) is 14.1 Å². The van der Waals surface area contributed by atoms with Gasteiger partial charge in [-0.15, -0.1) is 0 Å². The predicted octanol–water partition coefficient (Wildman–Crippen LogP) is 2.44. The fraction of sp³-hybridized carbons (Fsp3) is 0.480. The van der Waals surface area contributed by atoms with Crippen LogP contribution in [0.4, 0.5) is 5.69 Å². The predicted molar refractivity (Wildman–Crippen MR) is 131 cm³/mol. The van der Waals surface area contributed by atoms with Crippen molar-refractivity contribution in [2.45, 2.75) is 33.4 Å². The lowest BCUT2D eigenvalue weighted by Gasteiger charge is -2.36. The second-order valence-electron chi connectivity index (χ2n) is 9.23. The molecule has 0 saturated carbocycles. The zero-order valence-electron chi connectivity index (χ0n) is 19.8. The molecule has 2 aliphatic rings. The van der Waals surface area contributed by atoms with Crippen LogP contribution in [0, 0.1) is 6.92 Å². The molecule has 1 saturated heterocycles. The molecule has 8 heteroatoms. The van der Waals surface area contributed by atoms with Crippen LogP contribution < -0.4 is 4.90 Å². The minimum absolute atomic E-state index is 0.0313. The van der Waals surface area contributed by atoms with Crippen molar-refractivity contribution < 1.29 is 13.2 Å². The maximum atomic E-state index is 13.0. The molecule has 1 fully saturated rings. The number of sulfonamides is 1. The second kappa shape index (κ2) is 9.83. The van der Waals surface area contributed by atoms with Gasteiger partial charge in [0.15, 0.2) is 0 Å². The number of nitrogens with zero attached hydrogens (tertiary/aromatic N) is 4. The molecular formula is C25H34N4O3S. The van der Waals surface area contributed by atoms with E-state index < -0.39 is 10.0 Å². The topological polar surface area (TPSA) is 64.2 Å². The quantitative estimate of drug-likeness (QED) is 0.649. The molecule has 2 heterocycles. The molecule has 2 aliphatic heterocycles. The molecular weight excluding hydrogens is 436 g/mol. The second-order valence-corrected chi connectivity index (χ2v) is 11.3. The van der Waals surface area contributed by atoms with Crippen LogP contribution in [0.3, 0.4) is 0 Å². The number of fused-ring (bicyclic) bond motifs is 1. The number of piperazine rings is 1. The summed E-state index contributed by atoms with van der Waals surface area (Å²) in [7, 11) is -1.73. The van der Waals surface area contributed by atoms with E-state index >= 15 is 0 Å². The Balaban J connectivity index is 1.36.